The van der Waals surface area contributed by atoms with Crippen LogP contribution in [0.1, 0.15) is 49.9 Å². The van der Waals surface area contributed by atoms with Gasteiger partial charge in [0.15, 0.2) is 19.0 Å². The Morgan fingerprint density at radius 1 is 1.16 bits per heavy atom. The van der Waals surface area contributed by atoms with Gasteiger partial charge in [-0.15, -0.1) is 0 Å². The molecule has 0 spiro atoms. The summed E-state index contributed by atoms with van der Waals surface area (Å²) in [6.07, 6.45) is 4.39. The summed E-state index contributed by atoms with van der Waals surface area (Å²) in [5.74, 6) is -0.136. The molecule has 25 heavy (non-hydrogen) atoms. The lowest BCUT2D eigenvalue weighted by Gasteiger charge is -2.29. The molecule has 0 heterocycles. The summed E-state index contributed by atoms with van der Waals surface area (Å²) in [4.78, 5) is 34.9. The predicted octanol–water partition coefficient (Wildman–Crippen LogP) is 2.51. The predicted molar refractivity (Wildman–Crippen MR) is 92.5 cm³/mol. The van der Waals surface area contributed by atoms with Gasteiger partial charge in [-0.3, -0.25) is 9.59 Å². The van der Waals surface area contributed by atoms with E-state index in [0.717, 1.165) is 19.3 Å². The molecule has 0 unspecified atom stereocenters. The van der Waals surface area contributed by atoms with Gasteiger partial charge < -0.3 is 14.8 Å². The molecule has 1 amide bonds. The number of carbonyl (C=O) groups excluding carboxylic acids is 3. The van der Waals surface area contributed by atoms with Crippen LogP contribution in [0.25, 0.3) is 0 Å². The number of amides is 1. The first kappa shape index (κ1) is 19.0. The molecule has 2 atom stereocenters. The summed E-state index contributed by atoms with van der Waals surface area (Å²) in [5.41, 5.74) is 0.506. The van der Waals surface area contributed by atoms with Crippen molar-refractivity contribution in [3.05, 3.63) is 29.8 Å². The van der Waals surface area contributed by atoms with Gasteiger partial charge in [0.05, 0.1) is 0 Å². The van der Waals surface area contributed by atoms with Crippen LogP contribution in [0.2, 0.25) is 0 Å². The fourth-order valence-corrected chi connectivity index (χ4v) is 2.91. The van der Waals surface area contributed by atoms with Crippen molar-refractivity contribution in [3.63, 3.8) is 0 Å². The van der Waals surface area contributed by atoms with E-state index in [9.17, 15) is 14.4 Å². The zero-order chi connectivity index (χ0) is 18.2. The Bertz CT molecular complexity index is 628. The van der Waals surface area contributed by atoms with Crippen LogP contribution in [-0.4, -0.2) is 36.9 Å². The van der Waals surface area contributed by atoms with Crippen molar-refractivity contribution < 1.29 is 23.9 Å². The van der Waals surface area contributed by atoms with Gasteiger partial charge in [-0.2, -0.15) is 0 Å². The van der Waals surface area contributed by atoms with E-state index in [0.29, 0.717) is 17.2 Å². The number of Topliss-reactive ketones (excluding diaryl/α,β-unsaturated/α-hetero) is 1. The van der Waals surface area contributed by atoms with E-state index in [2.05, 4.69) is 12.2 Å². The third-order valence-electron chi connectivity index (χ3n) is 4.42. The van der Waals surface area contributed by atoms with Crippen LogP contribution in [0.15, 0.2) is 24.3 Å². The third-order valence-corrected chi connectivity index (χ3v) is 4.42. The summed E-state index contributed by atoms with van der Waals surface area (Å²) in [7, 11) is 0. The van der Waals surface area contributed by atoms with Crippen LogP contribution in [0, 0.1) is 5.92 Å². The Hall–Kier alpha value is -2.37. The molecule has 1 aromatic rings. The van der Waals surface area contributed by atoms with E-state index in [1.54, 1.807) is 24.3 Å². The van der Waals surface area contributed by atoms with E-state index in [1.807, 2.05) is 0 Å². The first-order valence-electron chi connectivity index (χ1n) is 8.64. The van der Waals surface area contributed by atoms with E-state index in [1.165, 1.54) is 13.3 Å². The largest absolute Gasteiger partial charge is 0.482 e. The number of ether oxygens (including phenoxy) is 2. The van der Waals surface area contributed by atoms with Gasteiger partial charge in [0.25, 0.3) is 5.91 Å². The summed E-state index contributed by atoms with van der Waals surface area (Å²) in [5, 5.41) is 2.92. The van der Waals surface area contributed by atoms with Crippen LogP contribution >= 0.6 is 0 Å². The highest BCUT2D eigenvalue weighted by atomic mass is 16.6. The lowest BCUT2D eigenvalue weighted by Crippen LogP contribution is -2.43. The Morgan fingerprint density at radius 3 is 2.64 bits per heavy atom. The molecule has 1 saturated carbocycles. The lowest BCUT2D eigenvalue weighted by atomic mass is 9.86. The average molecular weight is 347 g/mol. The molecular weight excluding hydrogens is 322 g/mol. The first-order valence-corrected chi connectivity index (χ1v) is 8.64. The van der Waals surface area contributed by atoms with Gasteiger partial charge in [-0.25, -0.2) is 4.79 Å². The van der Waals surface area contributed by atoms with Gasteiger partial charge in [-0.05, 0) is 37.8 Å². The smallest absolute Gasteiger partial charge is 0.344 e. The molecule has 136 valence electrons. The van der Waals surface area contributed by atoms with E-state index in [4.69, 9.17) is 9.47 Å². The van der Waals surface area contributed by atoms with Crippen molar-refractivity contribution in [2.45, 2.75) is 45.6 Å². The number of esters is 1. The Labute approximate surface area is 147 Å². The number of carbonyl (C=O) groups is 3. The third kappa shape index (κ3) is 6.21. The Balaban J connectivity index is 1.70. The lowest BCUT2D eigenvalue weighted by molar-refractivity contribution is -0.150. The second-order valence-corrected chi connectivity index (χ2v) is 6.47. The van der Waals surface area contributed by atoms with Crippen LogP contribution in [0.5, 0.6) is 5.75 Å². The minimum Gasteiger partial charge on any atom is -0.482 e. The fraction of sp³-hybridized carbons (Fsp3) is 0.526. The summed E-state index contributed by atoms with van der Waals surface area (Å²) >= 11 is 0. The maximum Gasteiger partial charge on any atom is 0.344 e. The van der Waals surface area contributed by atoms with Crippen molar-refractivity contribution in [3.8, 4) is 5.75 Å². The van der Waals surface area contributed by atoms with Crippen molar-refractivity contribution in [2.75, 3.05) is 13.2 Å². The molecule has 1 aliphatic carbocycles. The monoisotopic (exact) mass is 347 g/mol. The minimum absolute atomic E-state index is 0.0818. The van der Waals surface area contributed by atoms with Crippen LogP contribution in [-0.2, 0) is 14.3 Å². The first-order chi connectivity index (χ1) is 12.0. The molecule has 0 radical (unpaired) electrons. The molecule has 2 rings (SSSR count). The molecule has 1 N–H and O–H groups in total. The molecule has 1 aliphatic rings. The van der Waals surface area contributed by atoms with Gasteiger partial charge >= 0.3 is 5.97 Å². The molecule has 0 aliphatic heterocycles. The summed E-state index contributed by atoms with van der Waals surface area (Å²) in [6, 6.07) is 6.72. The topological polar surface area (TPSA) is 81.7 Å². The van der Waals surface area contributed by atoms with E-state index >= 15 is 0 Å². The average Bonchev–Trinajstić information content (AvgIpc) is 2.60. The van der Waals surface area contributed by atoms with Crippen molar-refractivity contribution >= 4 is 17.7 Å². The number of nitrogens with one attached hydrogen (secondary N) is 1. The number of ketones is 1. The van der Waals surface area contributed by atoms with Gasteiger partial charge in [0.1, 0.15) is 5.75 Å². The maximum absolute atomic E-state index is 11.9. The number of hydrogen-bond donors (Lipinski definition) is 1. The van der Waals surface area contributed by atoms with E-state index < -0.39 is 5.97 Å². The Kier molecular flexibility index (Phi) is 6.98. The fourth-order valence-electron chi connectivity index (χ4n) is 2.91. The van der Waals surface area contributed by atoms with Crippen LogP contribution < -0.4 is 10.1 Å². The second kappa shape index (κ2) is 9.20. The van der Waals surface area contributed by atoms with Crippen LogP contribution in [0.3, 0.4) is 0 Å². The second-order valence-electron chi connectivity index (χ2n) is 6.47. The van der Waals surface area contributed by atoms with Crippen molar-refractivity contribution in [2.24, 2.45) is 5.92 Å². The highest BCUT2D eigenvalue weighted by Gasteiger charge is 2.23. The molecule has 6 nitrogen and oxygen atoms in total. The number of hydrogen-bond acceptors (Lipinski definition) is 5. The zero-order valence-electron chi connectivity index (χ0n) is 14.7. The molecule has 1 aromatic carbocycles. The maximum atomic E-state index is 11.9. The zero-order valence-corrected chi connectivity index (χ0v) is 14.7. The standard InChI is InChI=1S/C19H25NO5/c1-13-6-3-4-9-17(13)20-18(22)11-25-19(23)12-24-16-8-5-7-15(10-16)14(2)21/h5,7-8,10,13,17H,3-4,6,9,11-12H2,1-2H3,(H,20,22)/t13-,17-/m0/s1. The molecule has 1 fully saturated rings. The van der Waals surface area contributed by atoms with Gasteiger partial charge in [-0.1, -0.05) is 31.9 Å². The number of benzene rings is 1. The van der Waals surface area contributed by atoms with Crippen LogP contribution in [0.4, 0.5) is 0 Å². The molecule has 0 aromatic heterocycles. The molecular formula is C19H25NO5. The molecule has 0 bridgehead atoms. The normalized spacial score (nSPS) is 19.8. The van der Waals surface area contributed by atoms with Gasteiger partial charge in [0, 0.05) is 11.6 Å². The molecule has 6 heteroatoms. The summed E-state index contributed by atoms with van der Waals surface area (Å²) < 4.78 is 10.2. The molecule has 0 saturated heterocycles. The summed E-state index contributed by atoms with van der Waals surface area (Å²) in [6.45, 7) is 2.96. The Morgan fingerprint density at radius 2 is 1.92 bits per heavy atom. The van der Waals surface area contributed by atoms with Crippen molar-refractivity contribution in [1.82, 2.24) is 5.32 Å². The minimum atomic E-state index is -0.625. The quantitative estimate of drug-likeness (QED) is 0.605. The van der Waals surface area contributed by atoms with Crippen molar-refractivity contribution in [1.29, 1.82) is 0 Å². The number of rotatable bonds is 7. The van der Waals surface area contributed by atoms with Gasteiger partial charge in [0.2, 0.25) is 0 Å². The highest BCUT2D eigenvalue weighted by molar-refractivity contribution is 5.94. The SMILES string of the molecule is CC(=O)c1cccc(OCC(=O)OCC(=O)N[C@H]2CCCC[C@@H]2C)c1. The van der Waals surface area contributed by atoms with E-state index in [-0.39, 0.29) is 30.9 Å². The highest BCUT2D eigenvalue weighted by Crippen LogP contribution is 2.23.